The first-order chi connectivity index (χ1) is 27.1. The first-order valence-electron chi connectivity index (χ1n) is 17.0. The largest absolute Gasteiger partial charge is 0.491 e. The fraction of sp³-hybridized carbons (Fsp3) is 0.353. The van der Waals surface area contributed by atoms with Crippen molar-refractivity contribution in [2.24, 2.45) is 11.8 Å². The molecule has 4 amide bonds. The van der Waals surface area contributed by atoms with Crippen LogP contribution in [0.1, 0.15) is 39.1 Å². The van der Waals surface area contributed by atoms with Gasteiger partial charge in [-0.15, -0.1) is 0 Å². The highest BCUT2D eigenvalue weighted by Crippen LogP contribution is 2.30. The number of para-hydroxylation sites is 4. The standard InChI is InChI=1S/C17H21BrN4O5S2.C17H21ClN4O5S2/c2*1-10(2)9-27-13-7-5-4-6-11(13)20-15(23)16(24)22-17-21-12(14(18)28-17)8-19-29(3,25)26/h2*4-7,10,19H,8-9H2,1-3H3,(H,20,23)(H,21,22,24). The molecule has 0 atom stereocenters. The molecular weight excluding hydrogens is 924 g/mol. The number of hydrogen-bond acceptors (Lipinski definition) is 14. The number of ether oxygens (including phenoxy) is 2. The van der Waals surface area contributed by atoms with Crippen LogP contribution < -0.4 is 40.2 Å². The van der Waals surface area contributed by atoms with Crippen molar-refractivity contribution in [1.29, 1.82) is 0 Å². The van der Waals surface area contributed by atoms with Gasteiger partial charge in [0.25, 0.3) is 0 Å². The second kappa shape index (κ2) is 22.2. The molecule has 0 aliphatic heterocycles. The Bertz CT molecular complexity index is 2140. The van der Waals surface area contributed by atoms with Crippen LogP contribution in [0.4, 0.5) is 21.6 Å². The van der Waals surface area contributed by atoms with Crippen molar-refractivity contribution in [2.45, 2.75) is 40.8 Å². The van der Waals surface area contributed by atoms with E-state index in [0.717, 1.165) is 35.2 Å². The van der Waals surface area contributed by atoms with Crippen LogP contribution in [-0.4, -0.2) is 76.2 Å². The molecule has 0 fully saturated rings. The van der Waals surface area contributed by atoms with E-state index < -0.39 is 43.7 Å². The zero-order valence-electron chi connectivity index (χ0n) is 32.0. The van der Waals surface area contributed by atoms with Crippen LogP contribution in [0.5, 0.6) is 11.5 Å². The molecule has 4 rings (SSSR count). The molecule has 4 aromatic rings. The SMILES string of the molecule is CC(C)COc1ccccc1NC(=O)C(=O)Nc1nc(CNS(C)(=O)=O)c(Br)s1.CC(C)COc1ccccc1NC(=O)C(=O)Nc1nc(CNS(C)(=O)=O)c(Cl)s1. The summed E-state index contributed by atoms with van der Waals surface area (Å²) in [4.78, 5) is 57.0. The molecular formula is C34H42BrClN8O10S4. The molecule has 18 nitrogen and oxygen atoms in total. The van der Waals surface area contributed by atoms with Gasteiger partial charge in [0, 0.05) is 0 Å². The van der Waals surface area contributed by atoms with Gasteiger partial charge in [-0.3, -0.25) is 29.8 Å². The van der Waals surface area contributed by atoms with Crippen molar-refractivity contribution in [3.63, 3.8) is 0 Å². The van der Waals surface area contributed by atoms with Crippen LogP contribution >= 0.6 is 50.2 Å². The third-order valence-corrected chi connectivity index (χ3v) is 10.9. The van der Waals surface area contributed by atoms with Crippen molar-refractivity contribution in [2.75, 3.05) is 47.0 Å². The van der Waals surface area contributed by atoms with E-state index in [1.165, 1.54) is 0 Å². The Balaban J connectivity index is 0.000000310. The molecule has 0 radical (unpaired) electrons. The molecule has 2 aromatic heterocycles. The van der Waals surface area contributed by atoms with Gasteiger partial charge >= 0.3 is 23.6 Å². The second-order valence-electron chi connectivity index (χ2n) is 12.9. The van der Waals surface area contributed by atoms with E-state index in [-0.39, 0.29) is 33.4 Å². The maximum Gasteiger partial charge on any atom is 0.315 e. The number of aromatic nitrogens is 2. The van der Waals surface area contributed by atoms with Gasteiger partial charge in [-0.2, -0.15) is 0 Å². The Morgan fingerprint density at radius 3 is 1.47 bits per heavy atom. The van der Waals surface area contributed by atoms with E-state index in [9.17, 15) is 36.0 Å². The second-order valence-corrected chi connectivity index (χ2v) is 20.5. The van der Waals surface area contributed by atoms with E-state index in [1.807, 2.05) is 27.7 Å². The molecule has 0 saturated carbocycles. The number of carbonyl (C=O) groups excluding carboxylic acids is 4. The molecule has 0 aliphatic carbocycles. The number of halogens is 2. The summed E-state index contributed by atoms with van der Waals surface area (Å²) in [5.41, 5.74) is 1.38. The number of benzene rings is 2. The van der Waals surface area contributed by atoms with E-state index in [4.69, 9.17) is 21.1 Å². The lowest BCUT2D eigenvalue weighted by atomic mass is 10.2. The molecule has 0 spiro atoms. The summed E-state index contributed by atoms with van der Waals surface area (Å²) < 4.78 is 61.3. The van der Waals surface area contributed by atoms with Gasteiger partial charge in [0.2, 0.25) is 20.0 Å². The Morgan fingerprint density at radius 1 is 0.655 bits per heavy atom. The molecule has 0 bridgehead atoms. The minimum Gasteiger partial charge on any atom is -0.491 e. The van der Waals surface area contributed by atoms with Crippen molar-refractivity contribution < 1.29 is 45.5 Å². The van der Waals surface area contributed by atoms with Gasteiger partial charge < -0.3 is 20.1 Å². The third-order valence-electron chi connectivity index (χ3n) is 6.57. The molecule has 24 heteroatoms. The lowest BCUT2D eigenvalue weighted by Gasteiger charge is -2.13. The highest BCUT2D eigenvalue weighted by molar-refractivity contribution is 9.11. The van der Waals surface area contributed by atoms with Gasteiger partial charge in [-0.1, -0.05) is 86.2 Å². The smallest absolute Gasteiger partial charge is 0.315 e. The first-order valence-corrected chi connectivity index (χ1v) is 23.6. The van der Waals surface area contributed by atoms with Crippen LogP contribution in [0.2, 0.25) is 4.34 Å². The number of amides is 4. The Labute approximate surface area is 357 Å². The maximum absolute atomic E-state index is 12.3. The third kappa shape index (κ3) is 17.3. The van der Waals surface area contributed by atoms with Gasteiger partial charge in [0.05, 0.1) is 65.4 Å². The monoisotopic (exact) mass is 964 g/mol. The van der Waals surface area contributed by atoms with Gasteiger partial charge in [-0.25, -0.2) is 36.2 Å². The van der Waals surface area contributed by atoms with Crippen molar-refractivity contribution in [1.82, 2.24) is 19.4 Å². The van der Waals surface area contributed by atoms with Crippen LogP contribution in [0.25, 0.3) is 0 Å². The number of carbonyl (C=O) groups is 4. The summed E-state index contributed by atoms with van der Waals surface area (Å²) in [6, 6.07) is 13.6. The molecule has 0 saturated heterocycles. The van der Waals surface area contributed by atoms with Crippen LogP contribution in [0, 0.1) is 11.8 Å². The van der Waals surface area contributed by atoms with Gasteiger partial charge in [0.1, 0.15) is 15.8 Å². The number of sulfonamides is 2. The first kappa shape index (κ1) is 48.1. The van der Waals surface area contributed by atoms with Crippen LogP contribution in [0.15, 0.2) is 52.3 Å². The summed E-state index contributed by atoms with van der Waals surface area (Å²) in [6.07, 6.45) is 2.03. The summed E-state index contributed by atoms with van der Waals surface area (Å²) >= 11 is 11.2. The zero-order chi connectivity index (χ0) is 43.2. The Hall–Kier alpha value is -4.23. The van der Waals surface area contributed by atoms with E-state index in [1.54, 1.807) is 48.5 Å². The average molecular weight is 966 g/mol. The molecule has 6 N–H and O–H groups in total. The zero-order valence-corrected chi connectivity index (χ0v) is 37.6. The quantitative estimate of drug-likeness (QED) is 0.0810. The number of thiazole rings is 2. The van der Waals surface area contributed by atoms with E-state index >= 15 is 0 Å². The number of nitrogens with one attached hydrogen (secondary N) is 6. The Morgan fingerprint density at radius 2 is 1.03 bits per heavy atom. The number of hydrogen-bond donors (Lipinski definition) is 6. The highest BCUT2D eigenvalue weighted by atomic mass is 79.9. The van der Waals surface area contributed by atoms with Crippen molar-refractivity contribution in [3.8, 4) is 11.5 Å². The molecule has 0 unspecified atom stereocenters. The summed E-state index contributed by atoms with van der Waals surface area (Å²) in [5, 5.41) is 9.99. The highest BCUT2D eigenvalue weighted by Gasteiger charge is 2.21. The molecule has 2 aromatic carbocycles. The summed E-state index contributed by atoms with van der Waals surface area (Å²) in [5.74, 6) is -2.13. The molecule has 2 heterocycles. The topological polar surface area (TPSA) is 253 Å². The van der Waals surface area contributed by atoms with E-state index in [0.29, 0.717) is 57.4 Å². The van der Waals surface area contributed by atoms with Gasteiger partial charge in [-0.05, 0) is 52.0 Å². The Kier molecular flexibility index (Phi) is 18.4. The average Bonchev–Trinajstić information content (AvgIpc) is 3.67. The molecule has 316 valence electrons. The minimum atomic E-state index is -3.42. The number of rotatable bonds is 16. The van der Waals surface area contributed by atoms with Crippen molar-refractivity contribution >= 4 is 116 Å². The van der Waals surface area contributed by atoms with Crippen molar-refractivity contribution in [3.05, 3.63) is 68.0 Å². The number of nitrogens with zero attached hydrogens (tertiary/aromatic N) is 2. The normalized spacial score (nSPS) is 11.3. The maximum atomic E-state index is 12.3. The lowest BCUT2D eigenvalue weighted by molar-refractivity contribution is -0.133. The van der Waals surface area contributed by atoms with Crippen LogP contribution in [0.3, 0.4) is 0 Å². The fourth-order valence-electron chi connectivity index (χ4n) is 3.96. The fourth-order valence-corrected chi connectivity index (χ4v) is 7.19. The van der Waals surface area contributed by atoms with E-state index in [2.05, 4.69) is 56.6 Å². The molecule has 0 aliphatic rings. The van der Waals surface area contributed by atoms with Gasteiger partial charge in [0.15, 0.2) is 10.3 Å². The predicted octanol–water partition coefficient (Wildman–Crippen LogP) is 5.02. The summed E-state index contributed by atoms with van der Waals surface area (Å²) in [6.45, 7) is 8.74. The summed E-state index contributed by atoms with van der Waals surface area (Å²) in [7, 11) is -6.81. The molecule has 58 heavy (non-hydrogen) atoms. The predicted molar refractivity (Wildman–Crippen MR) is 228 cm³/mol. The van der Waals surface area contributed by atoms with Crippen LogP contribution in [-0.2, 0) is 52.3 Å². The lowest BCUT2D eigenvalue weighted by Crippen LogP contribution is -2.29. The number of anilines is 4. The minimum absolute atomic E-state index is 0.0431.